The number of fused-ring (bicyclic) bond motifs is 1. The van der Waals surface area contributed by atoms with E-state index in [-0.39, 0.29) is 18.0 Å². The lowest BCUT2D eigenvalue weighted by Gasteiger charge is -2.25. The van der Waals surface area contributed by atoms with Gasteiger partial charge in [-0.25, -0.2) is 14.4 Å². The Morgan fingerprint density at radius 1 is 1.36 bits per heavy atom. The number of hydrogen-bond donors (Lipinski definition) is 1. The molecule has 6 nitrogen and oxygen atoms in total. The maximum Gasteiger partial charge on any atom is 0.270 e. The van der Waals surface area contributed by atoms with Crippen molar-refractivity contribution >= 4 is 40.6 Å². The van der Waals surface area contributed by atoms with Crippen LogP contribution in [-0.2, 0) is 6.42 Å². The standard InChI is InChI=1S/C18H17F2N5OS2/c19-10-3-5-24(8-10)14-2-1-12(16(20)23-14)17-22-13-4-6-25(11(7-21)9-27)18(26)15(13)28-17/h1-2,7,9-10H,3-6,8,21H2. The highest BCUT2D eigenvalue weighted by molar-refractivity contribution is 7.79. The highest BCUT2D eigenvalue weighted by Crippen LogP contribution is 2.34. The lowest BCUT2D eigenvalue weighted by atomic mass is 10.1. The van der Waals surface area contributed by atoms with Gasteiger partial charge in [-0.1, -0.05) is 12.2 Å². The molecule has 0 aromatic carbocycles. The van der Waals surface area contributed by atoms with Crippen LogP contribution in [0, 0.1) is 5.95 Å². The number of alkyl halides is 1. The Hall–Kier alpha value is -2.46. The van der Waals surface area contributed by atoms with Gasteiger partial charge >= 0.3 is 0 Å². The SMILES string of the molecule is NC=C(C=S)N1CCc2nc(-c3ccc(N4CCC(F)C4)nc3F)sc2C1=O. The predicted molar refractivity (Wildman–Crippen MR) is 108 cm³/mol. The van der Waals surface area contributed by atoms with Crippen LogP contribution in [0.4, 0.5) is 14.6 Å². The van der Waals surface area contributed by atoms with Crippen molar-refractivity contribution in [2.75, 3.05) is 24.5 Å². The van der Waals surface area contributed by atoms with E-state index in [0.29, 0.717) is 53.0 Å². The van der Waals surface area contributed by atoms with Crippen LogP contribution >= 0.6 is 23.6 Å². The minimum Gasteiger partial charge on any atom is -0.403 e. The second kappa shape index (κ2) is 7.51. The molecule has 0 saturated carbocycles. The zero-order chi connectivity index (χ0) is 19.8. The van der Waals surface area contributed by atoms with E-state index in [9.17, 15) is 13.6 Å². The van der Waals surface area contributed by atoms with Gasteiger partial charge < -0.3 is 15.5 Å². The molecule has 0 bridgehead atoms. The zero-order valence-corrected chi connectivity index (χ0v) is 16.4. The summed E-state index contributed by atoms with van der Waals surface area (Å²) >= 11 is 6.02. The molecule has 0 aliphatic carbocycles. The Morgan fingerprint density at radius 2 is 2.18 bits per heavy atom. The largest absolute Gasteiger partial charge is 0.403 e. The molecule has 1 saturated heterocycles. The first-order chi connectivity index (χ1) is 13.5. The summed E-state index contributed by atoms with van der Waals surface area (Å²) < 4.78 is 28.0. The molecule has 2 aliphatic heterocycles. The van der Waals surface area contributed by atoms with Gasteiger partial charge in [-0.15, -0.1) is 11.3 Å². The first kappa shape index (κ1) is 18.9. The van der Waals surface area contributed by atoms with Crippen molar-refractivity contribution < 1.29 is 13.6 Å². The molecule has 1 fully saturated rings. The predicted octanol–water partition coefficient (Wildman–Crippen LogP) is 2.69. The lowest BCUT2D eigenvalue weighted by Crippen LogP contribution is -2.36. The Balaban J connectivity index is 1.63. The van der Waals surface area contributed by atoms with Gasteiger partial charge in [0.1, 0.15) is 21.9 Å². The highest BCUT2D eigenvalue weighted by atomic mass is 32.1. The Bertz CT molecular complexity index is 977. The van der Waals surface area contributed by atoms with Gasteiger partial charge in [-0.05, 0) is 18.6 Å². The summed E-state index contributed by atoms with van der Waals surface area (Å²) in [6.07, 6.45) is 1.32. The molecule has 2 aromatic heterocycles. The Morgan fingerprint density at radius 3 is 2.82 bits per heavy atom. The van der Waals surface area contributed by atoms with Gasteiger partial charge in [0.2, 0.25) is 5.95 Å². The molecule has 2 N–H and O–H groups in total. The summed E-state index contributed by atoms with van der Waals surface area (Å²) in [6, 6.07) is 3.24. The molecule has 28 heavy (non-hydrogen) atoms. The summed E-state index contributed by atoms with van der Waals surface area (Å²) in [5, 5.41) is 1.75. The molecule has 4 heterocycles. The number of pyridine rings is 1. The van der Waals surface area contributed by atoms with Gasteiger partial charge in [0.05, 0.1) is 23.5 Å². The smallest absolute Gasteiger partial charge is 0.270 e. The average molecular weight is 421 g/mol. The summed E-state index contributed by atoms with van der Waals surface area (Å²) in [7, 11) is 0. The molecule has 1 amide bonds. The van der Waals surface area contributed by atoms with Crippen molar-refractivity contribution in [3.63, 3.8) is 0 Å². The number of carbonyl (C=O) groups excluding carboxylic acids is 1. The normalized spacial score (nSPS) is 19.9. The number of anilines is 1. The Kier molecular flexibility index (Phi) is 5.07. The van der Waals surface area contributed by atoms with Crippen molar-refractivity contribution in [1.29, 1.82) is 0 Å². The van der Waals surface area contributed by atoms with Crippen molar-refractivity contribution in [3.05, 3.63) is 40.5 Å². The summed E-state index contributed by atoms with van der Waals surface area (Å²) in [5.74, 6) is -0.529. The van der Waals surface area contributed by atoms with E-state index in [1.165, 1.54) is 16.5 Å². The van der Waals surface area contributed by atoms with Crippen molar-refractivity contribution in [3.8, 4) is 10.6 Å². The number of allylic oxidation sites excluding steroid dienone is 1. The second-order valence-corrected chi connectivity index (χ2v) is 7.79. The summed E-state index contributed by atoms with van der Waals surface area (Å²) in [6.45, 7) is 1.14. The second-order valence-electron chi connectivity index (χ2n) is 6.55. The van der Waals surface area contributed by atoms with Crippen LogP contribution in [0.3, 0.4) is 0 Å². The van der Waals surface area contributed by atoms with E-state index in [1.807, 2.05) is 0 Å². The van der Waals surface area contributed by atoms with Gasteiger partial charge in [0.15, 0.2) is 0 Å². The molecule has 10 heteroatoms. The monoisotopic (exact) mass is 421 g/mol. The highest BCUT2D eigenvalue weighted by Gasteiger charge is 2.31. The van der Waals surface area contributed by atoms with E-state index in [2.05, 4.69) is 9.97 Å². The number of thiocarbonyl (C=S) groups is 1. The quantitative estimate of drug-likeness (QED) is 0.465. The van der Waals surface area contributed by atoms with Crippen LogP contribution in [0.25, 0.3) is 10.6 Å². The summed E-state index contributed by atoms with van der Waals surface area (Å²) in [5.41, 5.74) is 6.84. The number of amides is 1. The number of nitrogens with zero attached hydrogens (tertiary/aromatic N) is 4. The third kappa shape index (κ3) is 3.26. The molecule has 4 rings (SSSR count). The fourth-order valence-corrected chi connectivity index (χ4v) is 4.65. The van der Waals surface area contributed by atoms with E-state index in [4.69, 9.17) is 18.0 Å². The van der Waals surface area contributed by atoms with Crippen molar-refractivity contribution in [1.82, 2.24) is 14.9 Å². The van der Waals surface area contributed by atoms with Gasteiger partial charge in [-0.3, -0.25) is 4.79 Å². The fraction of sp³-hybridized carbons (Fsp3) is 0.333. The van der Waals surface area contributed by atoms with Crippen molar-refractivity contribution in [2.24, 2.45) is 5.73 Å². The molecule has 0 spiro atoms. The number of hydrogen-bond acceptors (Lipinski definition) is 7. The maximum absolute atomic E-state index is 14.7. The third-order valence-corrected chi connectivity index (χ3v) is 6.19. The number of thiazole rings is 1. The average Bonchev–Trinajstić information content (AvgIpc) is 3.31. The minimum absolute atomic E-state index is 0.221. The first-order valence-electron chi connectivity index (χ1n) is 8.76. The van der Waals surface area contributed by atoms with Gasteiger partial charge in [0, 0.05) is 31.1 Å². The third-order valence-electron chi connectivity index (χ3n) is 4.83. The van der Waals surface area contributed by atoms with Crippen LogP contribution in [0.1, 0.15) is 21.8 Å². The van der Waals surface area contributed by atoms with E-state index >= 15 is 0 Å². The number of nitrogens with two attached hydrogens (primary N) is 1. The Labute approximate surface area is 169 Å². The number of rotatable bonds is 4. The number of carbonyl (C=O) groups is 1. The first-order valence-corrected chi connectivity index (χ1v) is 10.0. The minimum atomic E-state index is -0.913. The molecular weight excluding hydrogens is 404 g/mol. The van der Waals surface area contributed by atoms with E-state index in [1.54, 1.807) is 17.0 Å². The zero-order valence-electron chi connectivity index (χ0n) is 14.8. The molecule has 2 aromatic rings. The molecule has 2 aliphatic rings. The van der Waals surface area contributed by atoms with E-state index < -0.39 is 12.1 Å². The number of halogens is 2. The fourth-order valence-electron chi connectivity index (χ4n) is 3.37. The van der Waals surface area contributed by atoms with Gasteiger partial charge in [-0.2, -0.15) is 4.39 Å². The topological polar surface area (TPSA) is 75.3 Å². The molecular formula is C18H17F2N5OS2. The molecule has 1 atom stereocenters. The number of aromatic nitrogens is 2. The van der Waals surface area contributed by atoms with Crippen LogP contribution in [0.15, 0.2) is 24.0 Å². The van der Waals surface area contributed by atoms with E-state index in [0.717, 1.165) is 11.3 Å². The molecule has 146 valence electrons. The van der Waals surface area contributed by atoms with Crippen LogP contribution < -0.4 is 10.6 Å². The van der Waals surface area contributed by atoms with Crippen LogP contribution in [0.5, 0.6) is 0 Å². The van der Waals surface area contributed by atoms with Crippen LogP contribution in [-0.4, -0.2) is 51.9 Å². The van der Waals surface area contributed by atoms with Gasteiger partial charge in [0.25, 0.3) is 5.91 Å². The van der Waals surface area contributed by atoms with Crippen LogP contribution in [0.2, 0.25) is 0 Å². The maximum atomic E-state index is 14.7. The molecule has 0 radical (unpaired) electrons. The summed E-state index contributed by atoms with van der Waals surface area (Å²) in [4.78, 5) is 24.8. The lowest BCUT2D eigenvalue weighted by molar-refractivity contribution is 0.0805. The molecule has 1 unspecified atom stereocenters. The van der Waals surface area contributed by atoms with Crippen molar-refractivity contribution in [2.45, 2.75) is 19.0 Å².